The van der Waals surface area contributed by atoms with E-state index in [-0.39, 0.29) is 22.6 Å². The first-order valence-electron chi connectivity index (χ1n) is 6.41. The Labute approximate surface area is 119 Å². The summed E-state index contributed by atoms with van der Waals surface area (Å²) in [6.45, 7) is 2.39. The van der Waals surface area contributed by atoms with Gasteiger partial charge in [-0.3, -0.25) is 0 Å². The highest BCUT2D eigenvalue weighted by atomic mass is 79.9. The van der Waals surface area contributed by atoms with Gasteiger partial charge in [0.25, 0.3) is 0 Å². The molecule has 1 heterocycles. The predicted molar refractivity (Wildman–Crippen MR) is 72.0 cm³/mol. The third-order valence-corrected chi connectivity index (χ3v) is 4.24. The molecule has 5 heteroatoms. The smallest absolute Gasteiger partial charge is 0.143 e. The van der Waals surface area contributed by atoms with Crippen LogP contribution in [0.3, 0.4) is 0 Å². The summed E-state index contributed by atoms with van der Waals surface area (Å²) in [4.78, 5) is 0. The predicted octanol–water partition coefficient (Wildman–Crippen LogP) is 3.59. The summed E-state index contributed by atoms with van der Waals surface area (Å²) in [5.41, 5.74) is -1.16. The lowest BCUT2D eigenvalue weighted by Crippen LogP contribution is -2.42. The molecule has 1 aromatic carbocycles. The Balaban J connectivity index is 2.23. The third kappa shape index (κ3) is 3.33. The van der Waals surface area contributed by atoms with Crippen LogP contribution in [-0.2, 0) is 11.2 Å². The minimum atomic E-state index is -1.10. The summed E-state index contributed by atoms with van der Waals surface area (Å²) in [7, 11) is 0. The zero-order chi connectivity index (χ0) is 14.0. The fraction of sp³-hybridized carbons (Fsp3) is 0.571. The van der Waals surface area contributed by atoms with Gasteiger partial charge in [-0.1, -0.05) is 6.92 Å². The molecule has 0 radical (unpaired) electrons. The summed E-state index contributed by atoms with van der Waals surface area (Å²) in [6.07, 6.45) is 1.52. The van der Waals surface area contributed by atoms with Crippen LogP contribution in [-0.4, -0.2) is 23.4 Å². The number of aliphatic hydroxyl groups is 1. The minimum Gasteiger partial charge on any atom is -0.389 e. The van der Waals surface area contributed by atoms with E-state index >= 15 is 0 Å². The molecule has 106 valence electrons. The van der Waals surface area contributed by atoms with Crippen LogP contribution < -0.4 is 0 Å². The van der Waals surface area contributed by atoms with Gasteiger partial charge in [0, 0.05) is 25.0 Å². The first-order valence-corrected chi connectivity index (χ1v) is 7.21. The van der Waals surface area contributed by atoms with Crippen molar-refractivity contribution < 1.29 is 18.6 Å². The maximum Gasteiger partial charge on any atom is 0.143 e. The van der Waals surface area contributed by atoms with Gasteiger partial charge in [0.2, 0.25) is 0 Å². The largest absolute Gasteiger partial charge is 0.389 e. The van der Waals surface area contributed by atoms with Crippen LogP contribution in [0.25, 0.3) is 0 Å². The van der Waals surface area contributed by atoms with E-state index < -0.39 is 17.2 Å². The molecular formula is C14H17BrF2O2. The van der Waals surface area contributed by atoms with E-state index in [1.165, 1.54) is 12.1 Å². The minimum absolute atomic E-state index is 0.0238. The fourth-order valence-electron chi connectivity index (χ4n) is 2.48. The maximum atomic E-state index is 13.9. The van der Waals surface area contributed by atoms with Crippen molar-refractivity contribution in [2.24, 2.45) is 0 Å². The topological polar surface area (TPSA) is 29.5 Å². The average Bonchev–Trinajstić information content (AvgIpc) is 2.39. The normalized spacial score (nSPS) is 27.5. The highest BCUT2D eigenvalue weighted by molar-refractivity contribution is 9.10. The number of hydrogen-bond acceptors (Lipinski definition) is 2. The highest BCUT2D eigenvalue weighted by Gasteiger charge is 2.36. The van der Waals surface area contributed by atoms with Crippen molar-refractivity contribution in [1.82, 2.24) is 0 Å². The van der Waals surface area contributed by atoms with Gasteiger partial charge in [-0.2, -0.15) is 0 Å². The first-order chi connectivity index (χ1) is 8.95. The Morgan fingerprint density at radius 1 is 1.47 bits per heavy atom. The van der Waals surface area contributed by atoms with Gasteiger partial charge >= 0.3 is 0 Å². The Hall–Kier alpha value is -0.520. The molecule has 2 rings (SSSR count). The molecule has 0 amide bonds. The van der Waals surface area contributed by atoms with E-state index in [0.717, 1.165) is 6.42 Å². The van der Waals surface area contributed by atoms with E-state index in [2.05, 4.69) is 15.9 Å². The lowest BCUT2D eigenvalue weighted by Gasteiger charge is -2.37. The van der Waals surface area contributed by atoms with Crippen LogP contribution >= 0.6 is 15.9 Å². The number of rotatable bonds is 3. The molecule has 1 N–H and O–H groups in total. The quantitative estimate of drug-likeness (QED) is 0.856. The number of benzene rings is 1. The van der Waals surface area contributed by atoms with Crippen LogP contribution in [0.4, 0.5) is 8.78 Å². The second kappa shape index (κ2) is 5.85. The molecule has 1 aromatic rings. The van der Waals surface area contributed by atoms with Crippen LogP contribution in [0, 0.1) is 11.6 Å². The first kappa shape index (κ1) is 14.9. The molecule has 0 spiro atoms. The lowest BCUT2D eigenvalue weighted by atomic mass is 9.83. The van der Waals surface area contributed by atoms with Gasteiger partial charge in [-0.05, 0) is 40.9 Å². The van der Waals surface area contributed by atoms with E-state index in [9.17, 15) is 13.9 Å². The summed E-state index contributed by atoms with van der Waals surface area (Å²) in [5, 5.41) is 10.5. The number of hydrogen-bond donors (Lipinski definition) is 1. The van der Waals surface area contributed by atoms with Crippen LogP contribution in [0.5, 0.6) is 0 Å². The van der Waals surface area contributed by atoms with Gasteiger partial charge in [0.05, 0.1) is 16.2 Å². The van der Waals surface area contributed by atoms with E-state index in [1.54, 1.807) is 0 Å². The number of halogens is 3. The van der Waals surface area contributed by atoms with Crippen LogP contribution in [0.1, 0.15) is 31.7 Å². The average molecular weight is 335 g/mol. The standard InChI is InChI=1S/C14H17BrF2O2/c1-2-9-7-14(18,5-6-19-9)8-10-12(16)4-3-11(15)13(10)17/h3-4,9,18H,2,5-8H2,1H3. The van der Waals surface area contributed by atoms with Crippen molar-refractivity contribution in [2.45, 2.75) is 44.3 Å². The highest BCUT2D eigenvalue weighted by Crippen LogP contribution is 2.32. The Morgan fingerprint density at radius 3 is 2.89 bits per heavy atom. The second-order valence-corrected chi connectivity index (χ2v) is 5.93. The van der Waals surface area contributed by atoms with Crippen LogP contribution in [0.15, 0.2) is 16.6 Å². The monoisotopic (exact) mass is 334 g/mol. The lowest BCUT2D eigenvalue weighted by molar-refractivity contribution is -0.104. The van der Waals surface area contributed by atoms with Crippen molar-refractivity contribution in [3.63, 3.8) is 0 Å². The van der Waals surface area contributed by atoms with E-state index in [1.807, 2.05) is 6.92 Å². The van der Waals surface area contributed by atoms with Gasteiger partial charge in [-0.25, -0.2) is 8.78 Å². The zero-order valence-electron chi connectivity index (χ0n) is 10.8. The molecule has 19 heavy (non-hydrogen) atoms. The van der Waals surface area contributed by atoms with Crippen molar-refractivity contribution in [3.8, 4) is 0 Å². The molecule has 1 saturated heterocycles. The molecule has 2 atom stereocenters. The summed E-state index contributed by atoms with van der Waals surface area (Å²) >= 11 is 3.04. The second-order valence-electron chi connectivity index (χ2n) is 5.08. The summed E-state index contributed by atoms with van der Waals surface area (Å²) in [5.74, 6) is -1.25. The van der Waals surface area contributed by atoms with E-state index in [4.69, 9.17) is 4.74 Å². The van der Waals surface area contributed by atoms with Crippen LogP contribution in [0.2, 0.25) is 0 Å². The fourth-order valence-corrected chi connectivity index (χ4v) is 2.85. The van der Waals surface area contributed by atoms with Crippen molar-refractivity contribution in [3.05, 3.63) is 33.8 Å². The van der Waals surface area contributed by atoms with E-state index in [0.29, 0.717) is 19.4 Å². The molecule has 1 aliphatic rings. The zero-order valence-corrected chi connectivity index (χ0v) is 12.3. The van der Waals surface area contributed by atoms with Gasteiger partial charge in [0.1, 0.15) is 11.6 Å². The molecule has 2 nitrogen and oxygen atoms in total. The SMILES string of the molecule is CCC1CC(O)(Cc2c(F)ccc(Br)c2F)CCO1. The molecule has 0 bridgehead atoms. The van der Waals surface area contributed by atoms with Gasteiger partial charge in [-0.15, -0.1) is 0 Å². The molecule has 2 unspecified atom stereocenters. The Morgan fingerprint density at radius 2 is 2.21 bits per heavy atom. The molecule has 0 aromatic heterocycles. The molecule has 1 aliphatic heterocycles. The van der Waals surface area contributed by atoms with Crippen molar-refractivity contribution in [2.75, 3.05) is 6.61 Å². The maximum absolute atomic E-state index is 13.9. The third-order valence-electron chi connectivity index (χ3n) is 3.63. The van der Waals surface area contributed by atoms with Crippen molar-refractivity contribution in [1.29, 1.82) is 0 Å². The summed E-state index contributed by atoms with van der Waals surface area (Å²) < 4.78 is 33.4. The Bertz CT molecular complexity index is 467. The molecular weight excluding hydrogens is 318 g/mol. The molecule has 0 saturated carbocycles. The Kier molecular flexibility index (Phi) is 4.58. The summed E-state index contributed by atoms with van der Waals surface area (Å²) in [6, 6.07) is 2.54. The molecule has 0 aliphatic carbocycles. The molecule has 1 fully saturated rings. The number of ether oxygens (including phenoxy) is 1. The van der Waals surface area contributed by atoms with Gasteiger partial charge in [0.15, 0.2) is 0 Å². The van der Waals surface area contributed by atoms with Gasteiger partial charge < -0.3 is 9.84 Å². The van der Waals surface area contributed by atoms with Crippen molar-refractivity contribution >= 4 is 15.9 Å².